The molecule has 1 N–H and O–H groups in total. The maximum atomic E-state index is 11.9. The normalized spacial score (nSPS) is 10.4. The van der Waals surface area contributed by atoms with E-state index < -0.39 is 4.92 Å². The zero-order chi connectivity index (χ0) is 16.7. The summed E-state index contributed by atoms with van der Waals surface area (Å²) >= 11 is 1.17. The number of hydrazone groups is 1. The Morgan fingerprint density at radius 1 is 1.43 bits per heavy atom. The molecular formula is C15H13N3O4S. The predicted molar refractivity (Wildman–Crippen MR) is 88.2 cm³/mol. The highest BCUT2D eigenvalue weighted by Crippen LogP contribution is 2.19. The second-order valence-corrected chi connectivity index (χ2v) is 5.23. The van der Waals surface area contributed by atoms with Crippen molar-refractivity contribution in [3.05, 3.63) is 68.9 Å². The van der Waals surface area contributed by atoms with E-state index in [1.807, 2.05) is 0 Å². The van der Waals surface area contributed by atoms with Crippen LogP contribution in [0.1, 0.15) is 15.2 Å². The molecule has 1 heterocycles. The number of benzene rings is 1. The quantitative estimate of drug-likeness (QED) is 0.365. The predicted octanol–water partition coefficient (Wildman–Crippen LogP) is 2.99. The van der Waals surface area contributed by atoms with Crippen molar-refractivity contribution in [2.45, 2.75) is 0 Å². The summed E-state index contributed by atoms with van der Waals surface area (Å²) in [5.41, 5.74) is 2.78. The molecule has 1 aromatic carbocycles. The van der Waals surface area contributed by atoms with Crippen LogP contribution in [0.2, 0.25) is 0 Å². The van der Waals surface area contributed by atoms with Crippen LogP contribution in [0.25, 0.3) is 0 Å². The summed E-state index contributed by atoms with van der Waals surface area (Å²) in [6, 6.07) is 7.94. The van der Waals surface area contributed by atoms with E-state index in [9.17, 15) is 14.9 Å². The Labute approximate surface area is 136 Å². The van der Waals surface area contributed by atoms with Gasteiger partial charge in [-0.25, -0.2) is 5.43 Å². The number of amides is 1. The first-order chi connectivity index (χ1) is 11.1. The molecule has 1 aromatic heterocycles. The molecule has 0 fully saturated rings. The van der Waals surface area contributed by atoms with Gasteiger partial charge in [-0.15, -0.1) is 11.3 Å². The highest BCUT2D eigenvalue weighted by atomic mass is 32.1. The van der Waals surface area contributed by atoms with Crippen LogP contribution in [-0.4, -0.2) is 23.7 Å². The van der Waals surface area contributed by atoms with Crippen LogP contribution in [0, 0.1) is 10.1 Å². The maximum absolute atomic E-state index is 11.9. The molecule has 0 aliphatic heterocycles. The highest BCUT2D eigenvalue weighted by molar-refractivity contribution is 7.12. The van der Waals surface area contributed by atoms with Crippen molar-refractivity contribution >= 4 is 29.1 Å². The topological polar surface area (TPSA) is 93.8 Å². The molecule has 0 spiro atoms. The standard InChI is InChI=1S/C15H13N3O4S/c1-2-7-22-13-5-3-11(4-6-13)15(19)17-16-9-14-8-12(10-23-14)18(20)21/h2-6,8-10H,1,7H2,(H,17,19). The second-order valence-electron chi connectivity index (χ2n) is 4.29. The summed E-state index contributed by atoms with van der Waals surface area (Å²) in [4.78, 5) is 22.5. The van der Waals surface area contributed by atoms with Gasteiger partial charge in [-0.05, 0) is 24.3 Å². The third kappa shape index (κ3) is 4.75. The van der Waals surface area contributed by atoms with Crippen LogP contribution in [0.15, 0.2) is 53.5 Å². The molecule has 7 nitrogen and oxygen atoms in total. The fourth-order valence-corrected chi connectivity index (χ4v) is 2.30. The zero-order valence-electron chi connectivity index (χ0n) is 12.0. The molecule has 0 aliphatic carbocycles. The van der Waals surface area contributed by atoms with E-state index in [1.165, 1.54) is 29.0 Å². The number of nitro groups is 1. The lowest BCUT2D eigenvalue weighted by molar-refractivity contribution is -0.384. The summed E-state index contributed by atoms with van der Waals surface area (Å²) in [6.45, 7) is 3.94. The van der Waals surface area contributed by atoms with Gasteiger partial charge in [-0.2, -0.15) is 5.10 Å². The van der Waals surface area contributed by atoms with Crippen LogP contribution < -0.4 is 10.2 Å². The van der Waals surface area contributed by atoms with Gasteiger partial charge < -0.3 is 4.74 Å². The summed E-state index contributed by atoms with van der Waals surface area (Å²) in [7, 11) is 0. The number of rotatable bonds is 7. The Bertz CT molecular complexity index is 737. The summed E-state index contributed by atoms with van der Waals surface area (Å²) in [5, 5.41) is 15.7. The van der Waals surface area contributed by atoms with E-state index in [1.54, 1.807) is 30.3 Å². The minimum absolute atomic E-state index is 0.00195. The van der Waals surface area contributed by atoms with Crippen molar-refractivity contribution in [2.24, 2.45) is 5.10 Å². The molecular weight excluding hydrogens is 318 g/mol. The summed E-state index contributed by atoms with van der Waals surface area (Å²) in [6.07, 6.45) is 2.99. The molecule has 8 heteroatoms. The van der Waals surface area contributed by atoms with E-state index in [0.717, 1.165) is 0 Å². The fraction of sp³-hybridized carbons (Fsp3) is 0.0667. The van der Waals surface area contributed by atoms with Crippen molar-refractivity contribution in [1.29, 1.82) is 0 Å². The minimum atomic E-state index is -0.484. The highest BCUT2D eigenvalue weighted by Gasteiger charge is 2.08. The SMILES string of the molecule is C=CCOc1ccc(C(=O)NN=Cc2cc([N+](=O)[O-])cs2)cc1. The van der Waals surface area contributed by atoms with Crippen LogP contribution in [0.4, 0.5) is 5.69 Å². The van der Waals surface area contributed by atoms with E-state index >= 15 is 0 Å². The largest absolute Gasteiger partial charge is 0.490 e. The third-order valence-electron chi connectivity index (χ3n) is 2.66. The number of ether oxygens (including phenoxy) is 1. The molecule has 118 valence electrons. The Kier molecular flexibility index (Phi) is 5.59. The molecule has 0 saturated carbocycles. The van der Waals surface area contributed by atoms with E-state index in [2.05, 4.69) is 17.1 Å². The van der Waals surface area contributed by atoms with Gasteiger partial charge in [0, 0.05) is 11.6 Å². The Hall–Kier alpha value is -3.00. The number of hydrogen-bond donors (Lipinski definition) is 1. The molecule has 0 saturated heterocycles. The van der Waals surface area contributed by atoms with Gasteiger partial charge in [0.15, 0.2) is 0 Å². The number of thiophene rings is 1. The monoisotopic (exact) mass is 331 g/mol. The lowest BCUT2D eigenvalue weighted by Crippen LogP contribution is -2.17. The average Bonchev–Trinajstić information content (AvgIpc) is 3.02. The molecule has 2 aromatic rings. The zero-order valence-corrected chi connectivity index (χ0v) is 12.8. The number of nitrogens with zero attached hydrogens (tertiary/aromatic N) is 2. The number of carbonyl (C=O) groups is 1. The average molecular weight is 331 g/mol. The maximum Gasteiger partial charge on any atom is 0.280 e. The van der Waals surface area contributed by atoms with Crippen molar-refractivity contribution in [3.63, 3.8) is 0 Å². The van der Waals surface area contributed by atoms with Crippen LogP contribution in [0.3, 0.4) is 0 Å². The molecule has 0 radical (unpaired) electrons. The van der Waals surface area contributed by atoms with Gasteiger partial charge >= 0.3 is 0 Å². The first kappa shape index (κ1) is 16.4. The van der Waals surface area contributed by atoms with E-state index in [4.69, 9.17) is 4.74 Å². The smallest absolute Gasteiger partial charge is 0.280 e. The van der Waals surface area contributed by atoms with Crippen molar-refractivity contribution in [2.75, 3.05) is 6.61 Å². The molecule has 23 heavy (non-hydrogen) atoms. The van der Waals surface area contributed by atoms with Gasteiger partial charge in [-0.1, -0.05) is 12.7 Å². The van der Waals surface area contributed by atoms with Gasteiger partial charge in [0.05, 0.1) is 21.4 Å². The second kappa shape index (κ2) is 7.85. The molecule has 0 unspecified atom stereocenters. The van der Waals surface area contributed by atoms with Crippen molar-refractivity contribution in [3.8, 4) is 5.75 Å². The lowest BCUT2D eigenvalue weighted by atomic mass is 10.2. The Balaban J connectivity index is 1.91. The lowest BCUT2D eigenvalue weighted by Gasteiger charge is -2.04. The first-order valence-corrected chi connectivity index (χ1v) is 7.38. The van der Waals surface area contributed by atoms with Crippen LogP contribution >= 0.6 is 11.3 Å². The van der Waals surface area contributed by atoms with E-state index in [0.29, 0.717) is 22.8 Å². The fourth-order valence-electron chi connectivity index (χ4n) is 1.58. The summed E-state index contributed by atoms with van der Waals surface area (Å²) < 4.78 is 5.32. The number of nitrogens with one attached hydrogen (secondary N) is 1. The summed E-state index contributed by atoms with van der Waals surface area (Å²) in [5.74, 6) is 0.249. The van der Waals surface area contributed by atoms with Crippen molar-refractivity contribution in [1.82, 2.24) is 5.43 Å². The van der Waals surface area contributed by atoms with Gasteiger partial charge in [0.1, 0.15) is 12.4 Å². The van der Waals surface area contributed by atoms with Crippen LogP contribution in [-0.2, 0) is 0 Å². The minimum Gasteiger partial charge on any atom is -0.490 e. The Morgan fingerprint density at radius 3 is 2.78 bits per heavy atom. The third-order valence-corrected chi connectivity index (χ3v) is 3.51. The number of hydrogen-bond acceptors (Lipinski definition) is 6. The molecule has 0 bridgehead atoms. The molecule has 0 aliphatic rings. The molecule has 2 rings (SSSR count). The molecule has 1 amide bonds. The van der Waals surface area contributed by atoms with Crippen LogP contribution in [0.5, 0.6) is 5.75 Å². The molecule has 0 atom stereocenters. The van der Waals surface area contributed by atoms with Gasteiger partial charge in [-0.3, -0.25) is 14.9 Å². The van der Waals surface area contributed by atoms with Gasteiger partial charge in [0.2, 0.25) is 0 Å². The van der Waals surface area contributed by atoms with Gasteiger partial charge in [0.25, 0.3) is 11.6 Å². The number of carbonyl (C=O) groups excluding carboxylic acids is 1. The van der Waals surface area contributed by atoms with E-state index in [-0.39, 0.29) is 11.6 Å². The van der Waals surface area contributed by atoms with Crippen molar-refractivity contribution < 1.29 is 14.5 Å². The first-order valence-electron chi connectivity index (χ1n) is 6.50. The Morgan fingerprint density at radius 2 is 2.17 bits per heavy atom.